The molecule has 0 fully saturated rings. The number of benzene rings is 2. The Labute approximate surface area is 130 Å². The third-order valence-corrected chi connectivity index (χ3v) is 3.87. The van der Waals surface area contributed by atoms with Crippen molar-refractivity contribution < 1.29 is 19.1 Å². The Hall–Kier alpha value is -2.36. The number of rotatable bonds is 4. The number of methoxy groups -OCH3 is 2. The summed E-state index contributed by atoms with van der Waals surface area (Å²) in [6.07, 6.45) is 0. The second kappa shape index (κ2) is 5.79. The number of ether oxygens (including phenoxy) is 2. The molecule has 116 valence electrons. The van der Waals surface area contributed by atoms with Gasteiger partial charge in [0.05, 0.1) is 19.6 Å². The molecule has 2 rings (SSSR count). The molecule has 0 radical (unpaired) electrons. The zero-order chi connectivity index (χ0) is 16.6. The second-order valence-corrected chi connectivity index (χ2v) is 5.40. The van der Waals surface area contributed by atoms with Crippen molar-refractivity contribution in [2.24, 2.45) is 0 Å². The second-order valence-electron chi connectivity index (χ2n) is 5.40. The van der Waals surface area contributed by atoms with Crippen LogP contribution in [0.2, 0.25) is 0 Å². The van der Waals surface area contributed by atoms with Gasteiger partial charge in [0.15, 0.2) is 11.6 Å². The van der Waals surface area contributed by atoms with Crippen molar-refractivity contribution in [2.45, 2.75) is 27.7 Å². The highest BCUT2D eigenvalue weighted by atomic mass is 16.5. The molecule has 4 heteroatoms. The van der Waals surface area contributed by atoms with Crippen molar-refractivity contribution in [3.05, 3.63) is 34.4 Å². The highest BCUT2D eigenvalue weighted by Gasteiger charge is 2.23. The van der Waals surface area contributed by atoms with Crippen LogP contribution in [0, 0.1) is 13.8 Å². The number of fused-ring (bicyclic) bond motifs is 1. The summed E-state index contributed by atoms with van der Waals surface area (Å²) in [5.41, 5.74) is 2.66. The van der Waals surface area contributed by atoms with E-state index >= 15 is 0 Å². The van der Waals surface area contributed by atoms with Gasteiger partial charge in [-0.15, -0.1) is 0 Å². The van der Waals surface area contributed by atoms with E-state index in [4.69, 9.17) is 9.47 Å². The molecule has 0 aliphatic rings. The first-order valence-corrected chi connectivity index (χ1v) is 7.04. The van der Waals surface area contributed by atoms with Crippen LogP contribution in [0.25, 0.3) is 10.8 Å². The van der Waals surface area contributed by atoms with Gasteiger partial charge in [-0.25, -0.2) is 0 Å². The van der Waals surface area contributed by atoms with Gasteiger partial charge in [-0.3, -0.25) is 9.59 Å². The molecule has 0 aliphatic carbocycles. The van der Waals surface area contributed by atoms with Gasteiger partial charge in [-0.05, 0) is 51.0 Å². The van der Waals surface area contributed by atoms with Crippen LogP contribution >= 0.6 is 0 Å². The lowest BCUT2D eigenvalue weighted by Gasteiger charge is -2.18. The van der Waals surface area contributed by atoms with E-state index in [1.807, 2.05) is 13.8 Å². The number of carbonyl (C=O) groups is 2. The molecule has 0 aliphatic heterocycles. The minimum absolute atomic E-state index is 0.0830. The zero-order valence-electron chi connectivity index (χ0n) is 13.8. The maximum Gasteiger partial charge on any atom is 0.160 e. The number of carbonyl (C=O) groups excluding carboxylic acids is 2. The molecule has 0 aromatic heterocycles. The Kier molecular flexibility index (Phi) is 4.22. The van der Waals surface area contributed by atoms with Crippen LogP contribution in [0.1, 0.15) is 45.7 Å². The largest absolute Gasteiger partial charge is 0.496 e. The summed E-state index contributed by atoms with van der Waals surface area (Å²) in [6.45, 7) is 6.70. The van der Waals surface area contributed by atoms with Crippen LogP contribution in [0.3, 0.4) is 0 Å². The molecule has 22 heavy (non-hydrogen) atoms. The Morgan fingerprint density at radius 1 is 0.773 bits per heavy atom. The summed E-state index contributed by atoms with van der Waals surface area (Å²) in [5, 5.41) is 1.28. The number of aryl methyl sites for hydroxylation is 2. The molecule has 0 bridgehead atoms. The molecular formula is C18H20O4. The normalized spacial score (nSPS) is 10.6. The zero-order valence-corrected chi connectivity index (χ0v) is 13.8. The van der Waals surface area contributed by atoms with Crippen molar-refractivity contribution in [2.75, 3.05) is 14.2 Å². The van der Waals surface area contributed by atoms with E-state index in [0.29, 0.717) is 33.4 Å². The molecule has 2 aromatic carbocycles. The van der Waals surface area contributed by atoms with E-state index in [1.165, 1.54) is 13.8 Å². The molecule has 0 spiro atoms. The highest BCUT2D eigenvalue weighted by Crippen LogP contribution is 2.41. The van der Waals surface area contributed by atoms with Gasteiger partial charge in [0.2, 0.25) is 0 Å². The number of hydrogen-bond acceptors (Lipinski definition) is 4. The van der Waals surface area contributed by atoms with Crippen LogP contribution < -0.4 is 9.47 Å². The minimum Gasteiger partial charge on any atom is -0.496 e. The molecule has 2 aromatic rings. The fraction of sp³-hybridized carbons (Fsp3) is 0.333. The maximum atomic E-state index is 12.2. The molecule has 0 heterocycles. The number of hydrogen-bond donors (Lipinski definition) is 0. The van der Waals surface area contributed by atoms with Crippen molar-refractivity contribution in [3.8, 4) is 11.5 Å². The first kappa shape index (κ1) is 16.0. The minimum atomic E-state index is -0.0830. The Balaban J connectivity index is 3.21. The van der Waals surface area contributed by atoms with Crippen LogP contribution in [-0.4, -0.2) is 25.8 Å². The van der Waals surface area contributed by atoms with Crippen LogP contribution in [0.15, 0.2) is 12.1 Å². The van der Waals surface area contributed by atoms with Crippen molar-refractivity contribution in [3.63, 3.8) is 0 Å². The molecule has 0 amide bonds. The summed E-state index contributed by atoms with van der Waals surface area (Å²) >= 11 is 0. The summed E-state index contributed by atoms with van der Waals surface area (Å²) in [6, 6.07) is 3.61. The maximum absolute atomic E-state index is 12.2. The van der Waals surface area contributed by atoms with Crippen LogP contribution in [0.5, 0.6) is 11.5 Å². The van der Waals surface area contributed by atoms with Crippen LogP contribution in [-0.2, 0) is 0 Å². The SMILES string of the molecule is COc1cc(C)c(C(C)=O)c2c(C(C)=O)c(C)cc(OC)c12. The third kappa shape index (κ3) is 2.34. The smallest absolute Gasteiger partial charge is 0.160 e. The molecule has 0 atom stereocenters. The van der Waals surface area contributed by atoms with Gasteiger partial charge in [-0.1, -0.05) is 0 Å². The Bertz CT molecular complexity index is 725. The number of ketones is 2. The average Bonchev–Trinajstić information content (AvgIpc) is 2.43. The van der Waals surface area contributed by atoms with E-state index in [-0.39, 0.29) is 11.6 Å². The van der Waals surface area contributed by atoms with E-state index in [1.54, 1.807) is 26.4 Å². The van der Waals surface area contributed by atoms with Gasteiger partial charge < -0.3 is 9.47 Å². The first-order valence-electron chi connectivity index (χ1n) is 7.04. The van der Waals surface area contributed by atoms with Gasteiger partial charge in [0.1, 0.15) is 11.5 Å². The summed E-state index contributed by atoms with van der Waals surface area (Å²) < 4.78 is 10.9. The summed E-state index contributed by atoms with van der Waals surface area (Å²) in [7, 11) is 3.13. The average molecular weight is 300 g/mol. The van der Waals surface area contributed by atoms with Crippen molar-refractivity contribution >= 4 is 22.3 Å². The third-order valence-electron chi connectivity index (χ3n) is 3.87. The van der Waals surface area contributed by atoms with E-state index in [2.05, 4.69) is 0 Å². The molecular weight excluding hydrogens is 280 g/mol. The predicted molar refractivity (Wildman–Crippen MR) is 86.5 cm³/mol. The topological polar surface area (TPSA) is 52.6 Å². The molecule has 0 unspecified atom stereocenters. The molecule has 0 saturated carbocycles. The predicted octanol–water partition coefficient (Wildman–Crippen LogP) is 3.88. The lowest BCUT2D eigenvalue weighted by Crippen LogP contribution is -2.07. The summed E-state index contributed by atoms with van der Waals surface area (Å²) in [4.78, 5) is 24.3. The summed E-state index contributed by atoms with van der Waals surface area (Å²) in [5.74, 6) is 1.02. The lowest BCUT2D eigenvalue weighted by atomic mass is 9.88. The molecule has 0 N–H and O–H groups in total. The fourth-order valence-corrected chi connectivity index (χ4v) is 3.05. The Morgan fingerprint density at radius 3 is 1.41 bits per heavy atom. The molecule has 0 saturated heterocycles. The monoisotopic (exact) mass is 300 g/mol. The quantitative estimate of drug-likeness (QED) is 0.804. The standard InChI is InChI=1S/C18H20O4/c1-9-7-13(21-5)17-14(22-6)8-10(2)16(12(4)20)18(17)15(9)11(3)19/h7-8H,1-6H3. The van der Waals surface area contributed by atoms with Gasteiger partial charge >= 0.3 is 0 Å². The van der Waals surface area contributed by atoms with Crippen LogP contribution in [0.4, 0.5) is 0 Å². The van der Waals surface area contributed by atoms with Gasteiger partial charge in [-0.2, -0.15) is 0 Å². The van der Waals surface area contributed by atoms with E-state index < -0.39 is 0 Å². The van der Waals surface area contributed by atoms with Crippen molar-refractivity contribution in [1.29, 1.82) is 0 Å². The number of Topliss-reactive ketones (excluding diaryl/α,β-unsaturated/α-hetero) is 2. The van der Waals surface area contributed by atoms with Crippen molar-refractivity contribution in [1.82, 2.24) is 0 Å². The Morgan fingerprint density at radius 2 is 1.14 bits per heavy atom. The lowest BCUT2D eigenvalue weighted by molar-refractivity contribution is 0.101. The van der Waals surface area contributed by atoms with E-state index in [0.717, 1.165) is 11.1 Å². The first-order chi connectivity index (χ1) is 10.3. The van der Waals surface area contributed by atoms with Gasteiger partial charge in [0, 0.05) is 16.5 Å². The van der Waals surface area contributed by atoms with Gasteiger partial charge in [0.25, 0.3) is 0 Å². The fourth-order valence-electron chi connectivity index (χ4n) is 3.05. The highest BCUT2D eigenvalue weighted by molar-refractivity contribution is 6.19. The molecule has 4 nitrogen and oxygen atoms in total. The van der Waals surface area contributed by atoms with E-state index in [9.17, 15) is 9.59 Å².